The van der Waals surface area contributed by atoms with Crippen LogP contribution in [0.2, 0.25) is 0 Å². The lowest BCUT2D eigenvalue weighted by atomic mass is 9.85. The minimum atomic E-state index is 0.242. The van der Waals surface area contributed by atoms with Crippen molar-refractivity contribution >= 4 is 0 Å². The summed E-state index contributed by atoms with van der Waals surface area (Å²) in [6, 6.07) is 0. The summed E-state index contributed by atoms with van der Waals surface area (Å²) in [5, 5.41) is 0. The Labute approximate surface area is 83.0 Å². The van der Waals surface area contributed by atoms with Crippen molar-refractivity contribution in [3.8, 4) is 0 Å². The minimum absolute atomic E-state index is 0.242. The summed E-state index contributed by atoms with van der Waals surface area (Å²) < 4.78 is 0. The lowest BCUT2D eigenvalue weighted by molar-refractivity contribution is 0.515. The van der Waals surface area contributed by atoms with E-state index in [2.05, 4.69) is 59.4 Å². The zero-order chi connectivity index (χ0) is 10.5. The van der Waals surface area contributed by atoms with Crippen molar-refractivity contribution in [3.05, 3.63) is 36.5 Å². The highest BCUT2D eigenvalue weighted by atomic mass is 14.2. The van der Waals surface area contributed by atoms with Crippen LogP contribution >= 0.6 is 0 Å². The van der Waals surface area contributed by atoms with E-state index in [0.29, 0.717) is 5.92 Å². The molecule has 0 spiro atoms. The molecule has 13 heavy (non-hydrogen) atoms. The van der Waals surface area contributed by atoms with E-state index < -0.39 is 0 Å². The lowest BCUT2D eigenvalue weighted by Crippen LogP contribution is -2.07. The molecule has 0 aromatic rings. The van der Waals surface area contributed by atoms with Crippen molar-refractivity contribution in [2.45, 2.75) is 34.6 Å². The number of hydrogen-bond acceptors (Lipinski definition) is 0. The van der Waals surface area contributed by atoms with Crippen molar-refractivity contribution in [3.63, 3.8) is 0 Å². The number of hydrogen-bond donors (Lipinski definition) is 0. The molecule has 0 amide bonds. The number of rotatable bonds is 3. The van der Waals surface area contributed by atoms with Gasteiger partial charge in [0.15, 0.2) is 0 Å². The molecule has 0 fully saturated rings. The fourth-order valence-electron chi connectivity index (χ4n) is 1.11. The molecule has 1 atom stereocenters. The zero-order valence-corrected chi connectivity index (χ0v) is 9.59. The normalized spacial score (nSPS) is 16.2. The number of allylic oxidation sites excluding steroid dienone is 5. The van der Waals surface area contributed by atoms with Gasteiger partial charge in [-0.05, 0) is 23.8 Å². The smallest absolute Gasteiger partial charge is 0.00813 e. The van der Waals surface area contributed by atoms with Gasteiger partial charge >= 0.3 is 0 Å². The summed E-state index contributed by atoms with van der Waals surface area (Å²) in [4.78, 5) is 0. The zero-order valence-electron chi connectivity index (χ0n) is 9.59. The highest BCUT2D eigenvalue weighted by Gasteiger charge is 2.12. The topological polar surface area (TPSA) is 0 Å². The van der Waals surface area contributed by atoms with E-state index in [9.17, 15) is 0 Å². The fraction of sp³-hybridized carbons (Fsp3) is 0.538. The average molecular weight is 178 g/mol. The minimum Gasteiger partial charge on any atom is -0.102 e. The SMILES string of the molecule is C=CC(C)C=CC(=CC)C(C)(C)C. The van der Waals surface area contributed by atoms with Gasteiger partial charge in [-0.3, -0.25) is 0 Å². The fourth-order valence-corrected chi connectivity index (χ4v) is 1.11. The van der Waals surface area contributed by atoms with Gasteiger partial charge in [-0.2, -0.15) is 0 Å². The highest BCUT2D eigenvalue weighted by molar-refractivity contribution is 5.24. The van der Waals surface area contributed by atoms with Crippen LogP contribution in [0.15, 0.2) is 36.5 Å². The van der Waals surface area contributed by atoms with Crippen LogP contribution in [-0.2, 0) is 0 Å². The summed E-state index contributed by atoms with van der Waals surface area (Å²) in [6.07, 6.45) is 8.51. The van der Waals surface area contributed by atoms with Crippen LogP contribution < -0.4 is 0 Å². The average Bonchev–Trinajstić information content (AvgIpc) is 2.02. The molecule has 0 nitrogen and oxygen atoms in total. The standard InChI is InChI=1S/C13H22/c1-7-11(3)9-10-12(8-2)13(4,5)6/h7-11H,1H2,2-6H3. The maximum Gasteiger partial charge on any atom is -0.00813 e. The molecule has 0 aromatic heterocycles. The second-order valence-corrected chi connectivity index (χ2v) is 4.45. The molecular weight excluding hydrogens is 156 g/mol. The molecule has 0 bridgehead atoms. The summed E-state index contributed by atoms with van der Waals surface area (Å²) in [5.74, 6) is 0.456. The van der Waals surface area contributed by atoms with Gasteiger partial charge in [-0.1, -0.05) is 52.0 Å². The predicted octanol–water partition coefficient (Wildman–Crippen LogP) is 4.36. The Morgan fingerprint density at radius 3 is 2.15 bits per heavy atom. The van der Waals surface area contributed by atoms with Crippen LogP contribution in [0.3, 0.4) is 0 Å². The summed E-state index contributed by atoms with van der Waals surface area (Å²) >= 11 is 0. The molecule has 0 saturated carbocycles. The Kier molecular flexibility index (Phi) is 4.76. The Morgan fingerprint density at radius 1 is 1.31 bits per heavy atom. The largest absolute Gasteiger partial charge is 0.102 e. The van der Waals surface area contributed by atoms with Gasteiger partial charge < -0.3 is 0 Å². The first-order chi connectivity index (χ1) is 5.91. The maximum atomic E-state index is 3.76. The molecule has 0 aliphatic carbocycles. The van der Waals surface area contributed by atoms with Crippen LogP contribution in [0.25, 0.3) is 0 Å². The van der Waals surface area contributed by atoms with Crippen molar-refractivity contribution in [2.75, 3.05) is 0 Å². The first-order valence-electron chi connectivity index (χ1n) is 4.89. The highest BCUT2D eigenvalue weighted by Crippen LogP contribution is 2.26. The molecule has 0 saturated heterocycles. The van der Waals surface area contributed by atoms with Crippen molar-refractivity contribution in [1.82, 2.24) is 0 Å². The van der Waals surface area contributed by atoms with E-state index in [0.717, 1.165) is 0 Å². The molecule has 0 rings (SSSR count). The van der Waals surface area contributed by atoms with Crippen LogP contribution in [0.4, 0.5) is 0 Å². The summed E-state index contributed by atoms with van der Waals surface area (Å²) in [5.41, 5.74) is 1.62. The van der Waals surface area contributed by atoms with Gasteiger partial charge in [-0.15, -0.1) is 6.58 Å². The quantitative estimate of drug-likeness (QED) is 0.445. The van der Waals surface area contributed by atoms with Crippen LogP contribution in [0.1, 0.15) is 34.6 Å². The molecule has 0 heteroatoms. The molecule has 0 heterocycles. The third-order valence-electron chi connectivity index (χ3n) is 2.13. The maximum absolute atomic E-state index is 3.76. The van der Waals surface area contributed by atoms with E-state index in [1.807, 2.05) is 6.08 Å². The first kappa shape index (κ1) is 12.2. The van der Waals surface area contributed by atoms with Crippen molar-refractivity contribution in [2.24, 2.45) is 11.3 Å². The van der Waals surface area contributed by atoms with E-state index in [1.165, 1.54) is 5.57 Å². The third-order valence-corrected chi connectivity index (χ3v) is 2.13. The summed E-state index contributed by atoms with van der Waals surface area (Å²) in [6.45, 7) is 14.7. The van der Waals surface area contributed by atoms with Gasteiger partial charge in [0.1, 0.15) is 0 Å². The molecular formula is C13H22. The van der Waals surface area contributed by atoms with Crippen molar-refractivity contribution < 1.29 is 0 Å². The lowest BCUT2D eigenvalue weighted by Gasteiger charge is -2.20. The molecule has 1 unspecified atom stereocenters. The molecule has 0 aliphatic heterocycles. The molecule has 0 aromatic carbocycles. The van der Waals surface area contributed by atoms with Crippen molar-refractivity contribution in [1.29, 1.82) is 0 Å². The van der Waals surface area contributed by atoms with Gasteiger partial charge in [-0.25, -0.2) is 0 Å². The van der Waals surface area contributed by atoms with E-state index in [1.54, 1.807) is 0 Å². The Hall–Kier alpha value is -0.780. The molecule has 0 aliphatic rings. The molecule has 0 N–H and O–H groups in total. The monoisotopic (exact) mass is 178 g/mol. The third kappa shape index (κ3) is 4.72. The van der Waals surface area contributed by atoms with Crippen LogP contribution in [0, 0.1) is 11.3 Å². The van der Waals surface area contributed by atoms with E-state index in [4.69, 9.17) is 0 Å². The van der Waals surface area contributed by atoms with Gasteiger partial charge in [0.25, 0.3) is 0 Å². The Balaban J connectivity index is 4.49. The summed E-state index contributed by atoms with van der Waals surface area (Å²) in [7, 11) is 0. The Morgan fingerprint density at radius 2 is 1.85 bits per heavy atom. The van der Waals surface area contributed by atoms with Crippen LogP contribution in [0.5, 0.6) is 0 Å². The molecule has 0 radical (unpaired) electrons. The predicted molar refractivity (Wildman–Crippen MR) is 61.7 cm³/mol. The van der Waals surface area contributed by atoms with Gasteiger partial charge in [0.2, 0.25) is 0 Å². The van der Waals surface area contributed by atoms with Gasteiger partial charge in [0.05, 0.1) is 0 Å². The second kappa shape index (κ2) is 5.06. The second-order valence-electron chi connectivity index (χ2n) is 4.45. The van der Waals surface area contributed by atoms with Gasteiger partial charge in [0, 0.05) is 0 Å². The first-order valence-corrected chi connectivity index (χ1v) is 4.89. The van der Waals surface area contributed by atoms with E-state index >= 15 is 0 Å². The van der Waals surface area contributed by atoms with Crippen LogP contribution in [-0.4, -0.2) is 0 Å². The Bertz CT molecular complexity index is 211. The molecule has 74 valence electrons. The van der Waals surface area contributed by atoms with E-state index in [-0.39, 0.29) is 5.41 Å².